The lowest BCUT2D eigenvalue weighted by molar-refractivity contribution is -0.132. The first-order valence-electron chi connectivity index (χ1n) is 8.96. The number of nitrogens with zero attached hydrogens (tertiary/aromatic N) is 3. The zero-order chi connectivity index (χ0) is 17.6. The molecule has 6 heteroatoms. The first-order chi connectivity index (χ1) is 12.2. The van der Waals surface area contributed by atoms with Crippen molar-refractivity contribution in [3.8, 4) is 0 Å². The van der Waals surface area contributed by atoms with Gasteiger partial charge < -0.3 is 9.64 Å². The molecule has 2 heterocycles. The predicted molar refractivity (Wildman–Crippen MR) is 94.8 cm³/mol. The summed E-state index contributed by atoms with van der Waals surface area (Å²) in [4.78, 5) is 26.8. The number of amides is 2. The van der Waals surface area contributed by atoms with Crippen molar-refractivity contribution in [2.24, 2.45) is 11.0 Å². The van der Waals surface area contributed by atoms with E-state index in [4.69, 9.17) is 4.74 Å². The van der Waals surface area contributed by atoms with Gasteiger partial charge in [-0.2, -0.15) is 5.10 Å². The highest BCUT2D eigenvalue weighted by Crippen LogP contribution is 2.17. The second-order valence-corrected chi connectivity index (χ2v) is 6.56. The summed E-state index contributed by atoms with van der Waals surface area (Å²) in [5, 5.41) is 5.81. The molecule has 2 aliphatic heterocycles. The number of ether oxygens (including phenoxy) is 1. The van der Waals surface area contributed by atoms with Crippen molar-refractivity contribution in [1.82, 2.24) is 9.91 Å². The number of carbonyl (C=O) groups excluding carboxylic acids is 2. The minimum Gasteiger partial charge on any atom is -0.381 e. The minimum atomic E-state index is -0.0556. The fourth-order valence-corrected chi connectivity index (χ4v) is 3.21. The number of benzene rings is 1. The van der Waals surface area contributed by atoms with E-state index in [-0.39, 0.29) is 11.8 Å². The number of hydrogen-bond donors (Lipinski definition) is 0. The van der Waals surface area contributed by atoms with Crippen LogP contribution in [0.1, 0.15) is 31.7 Å². The highest BCUT2D eigenvalue weighted by atomic mass is 16.5. The van der Waals surface area contributed by atoms with Gasteiger partial charge in [0.25, 0.3) is 5.91 Å². The van der Waals surface area contributed by atoms with E-state index in [2.05, 4.69) is 5.10 Å². The Labute approximate surface area is 148 Å². The van der Waals surface area contributed by atoms with Gasteiger partial charge in [-0.25, -0.2) is 5.01 Å². The predicted octanol–water partition coefficient (Wildman–Crippen LogP) is 2.05. The van der Waals surface area contributed by atoms with Crippen LogP contribution in [-0.2, 0) is 20.9 Å². The standard InChI is InChI=1S/C19H25N3O3/c1-2-21(12-16-10-11-25-14-16)19(24)17-8-9-18(23)22(20-17)13-15-6-4-3-5-7-15/h3-7,16H,2,8-14H2,1H3/t16-/m1/s1. The fourth-order valence-electron chi connectivity index (χ4n) is 3.21. The highest BCUT2D eigenvalue weighted by molar-refractivity contribution is 6.39. The van der Waals surface area contributed by atoms with Gasteiger partial charge in [-0.1, -0.05) is 30.3 Å². The SMILES string of the molecule is CCN(C[C@H]1CCOC1)C(=O)C1=NN(Cc2ccccc2)C(=O)CC1. The molecule has 3 rings (SSSR count). The Balaban J connectivity index is 1.69. The first-order valence-corrected chi connectivity index (χ1v) is 8.96. The number of hydrogen-bond acceptors (Lipinski definition) is 4. The van der Waals surface area contributed by atoms with E-state index >= 15 is 0 Å². The van der Waals surface area contributed by atoms with Crippen LogP contribution in [-0.4, -0.2) is 53.7 Å². The molecule has 0 radical (unpaired) electrons. The molecule has 1 atom stereocenters. The van der Waals surface area contributed by atoms with Crippen molar-refractivity contribution in [3.05, 3.63) is 35.9 Å². The molecule has 0 aromatic heterocycles. The highest BCUT2D eigenvalue weighted by Gasteiger charge is 2.29. The van der Waals surface area contributed by atoms with Crippen LogP contribution in [0.5, 0.6) is 0 Å². The monoisotopic (exact) mass is 343 g/mol. The third-order valence-electron chi connectivity index (χ3n) is 4.70. The van der Waals surface area contributed by atoms with Crippen molar-refractivity contribution in [2.75, 3.05) is 26.3 Å². The van der Waals surface area contributed by atoms with Gasteiger partial charge in [0.2, 0.25) is 5.91 Å². The van der Waals surface area contributed by atoms with Gasteiger partial charge in [-0.05, 0) is 18.9 Å². The first kappa shape index (κ1) is 17.6. The van der Waals surface area contributed by atoms with Crippen LogP contribution in [0, 0.1) is 5.92 Å². The Hall–Kier alpha value is -2.21. The van der Waals surface area contributed by atoms with Gasteiger partial charge >= 0.3 is 0 Å². The maximum absolute atomic E-state index is 12.8. The summed E-state index contributed by atoms with van der Waals surface area (Å²) in [6.45, 7) is 5.20. The van der Waals surface area contributed by atoms with Crippen LogP contribution < -0.4 is 0 Å². The van der Waals surface area contributed by atoms with Gasteiger partial charge in [0.05, 0.1) is 13.2 Å². The van der Waals surface area contributed by atoms with Crippen molar-refractivity contribution in [1.29, 1.82) is 0 Å². The Morgan fingerprint density at radius 2 is 2.12 bits per heavy atom. The van der Waals surface area contributed by atoms with Crippen molar-refractivity contribution in [3.63, 3.8) is 0 Å². The molecule has 1 aromatic carbocycles. The average molecular weight is 343 g/mol. The summed E-state index contributed by atoms with van der Waals surface area (Å²) in [5.74, 6) is 0.308. The second-order valence-electron chi connectivity index (χ2n) is 6.56. The third kappa shape index (κ3) is 4.45. The fraction of sp³-hybridized carbons (Fsp3) is 0.526. The smallest absolute Gasteiger partial charge is 0.270 e. The zero-order valence-electron chi connectivity index (χ0n) is 14.7. The quantitative estimate of drug-likeness (QED) is 0.794. The maximum Gasteiger partial charge on any atom is 0.270 e. The van der Waals surface area contributed by atoms with Gasteiger partial charge in [0, 0.05) is 38.5 Å². The van der Waals surface area contributed by atoms with Crippen LogP contribution in [0.25, 0.3) is 0 Å². The number of carbonyl (C=O) groups is 2. The van der Waals surface area contributed by atoms with Gasteiger partial charge in [-0.3, -0.25) is 9.59 Å². The maximum atomic E-state index is 12.8. The van der Waals surface area contributed by atoms with Crippen molar-refractivity contribution < 1.29 is 14.3 Å². The summed E-state index contributed by atoms with van der Waals surface area (Å²) in [5.41, 5.74) is 1.49. The third-order valence-corrected chi connectivity index (χ3v) is 4.70. The van der Waals surface area contributed by atoms with E-state index in [0.29, 0.717) is 44.1 Å². The molecular weight excluding hydrogens is 318 g/mol. The van der Waals surface area contributed by atoms with Crippen molar-refractivity contribution in [2.45, 2.75) is 32.7 Å². The molecule has 1 aromatic rings. The van der Waals surface area contributed by atoms with Crippen LogP contribution in [0.15, 0.2) is 35.4 Å². The lowest BCUT2D eigenvalue weighted by Crippen LogP contribution is -2.43. The molecule has 0 N–H and O–H groups in total. The summed E-state index contributed by atoms with van der Waals surface area (Å²) in [7, 11) is 0. The van der Waals surface area contributed by atoms with Crippen LogP contribution in [0.4, 0.5) is 0 Å². The van der Waals surface area contributed by atoms with E-state index in [9.17, 15) is 9.59 Å². The number of rotatable bonds is 6. The van der Waals surface area contributed by atoms with E-state index < -0.39 is 0 Å². The summed E-state index contributed by atoms with van der Waals surface area (Å²) in [6, 6.07) is 9.71. The number of hydrazone groups is 1. The van der Waals surface area contributed by atoms with Gasteiger partial charge in [0.15, 0.2) is 0 Å². The summed E-state index contributed by atoms with van der Waals surface area (Å²) in [6.07, 6.45) is 1.75. The molecule has 134 valence electrons. The molecule has 0 bridgehead atoms. The Bertz CT molecular complexity index is 639. The van der Waals surface area contributed by atoms with E-state index in [0.717, 1.165) is 25.2 Å². The Morgan fingerprint density at radius 3 is 2.80 bits per heavy atom. The van der Waals surface area contributed by atoms with Crippen molar-refractivity contribution >= 4 is 17.5 Å². The molecule has 1 fully saturated rings. The minimum absolute atomic E-state index is 0.0346. The van der Waals surface area contributed by atoms with Crippen LogP contribution in [0.3, 0.4) is 0 Å². The molecule has 0 saturated carbocycles. The molecule has 2 aliphatic rings. The molecule has 0 unspecified atom stereocenters. The van der Waals surface area contributed by atoms with Crippen LogP contribution >= 0.6 is 0 Å². The molecule has 6 nitrogen and oxygen atoms in total. The van der Waals surface area contributed by atoms with Gasteiger partial charge in [0.1, 0.15) is 5.71 Å². The molecule has 1 saturated heterocycles. The summed E-state index contributed by atoms with van der Waals surface area (Å²) >= 11 is 0. The molecular formula is C19H25N3O3. The molecule has 0 spiro atoms. The average Bonchev–Trinajstić information content (AvgIpc) is 3.15. The largest absolute Gasteiger partial charge is 0.381 e. The van der Waals surface area contributed by atoms with E-state index in [1.807, 2.05) is 42.2 Å². The molecule has 0 aliphatic carbocycles. The van der Waals surface area contributed by atoms with Gasteiger partial charge in [-0.15, -0.1) is 0 Å². The lowest BCUT2D eigenvalue weighted by atomic mass is 10.1. The topological polar surface area (TPSA) is 62.2 Å². The summed E-state index contributed by atoms with van der Waals surface area (Å²) < 4.78 is 5.40. The molecule has 2 amide bonds. The Morgan fingerprint density at radius 1 is 1.32 bits per heavy atom. The normalized spacial score (nSPS) is 20.5. The zero-order valence-corrected chi connectivity index (χ0v) is 14.7. The molecule has 25 heavy (non-hydrogen) atoms. The second kappa shape index (κ2) is 8.25. The van der Waals surface area contributed by atoms with E-state index in [1.165, 1.54) is 5.01 Å². The van der Waals surface area contributed by atoms with Crippen LogP contribution in [0.2, 0.25) is 0 Å². The Kier molecular flexibility index (Phi) is 5.81. The van der Waals surface area contributed by atoms with E-state index in [1.54, 1.807) is 0 Å². The lowest BCUT2D eigenvalue weighted by Gasteiger charge is -2.28.